The van der Waals surface area contributed by atoms with Crippen LogP contribution in [0.5, 0.6) is 23.0 Å². The zero-order valence-electron chi connectivity index (χ0n) is 34.5. The highest BCUT2D eigenvalue weighted by atomic mass is 32.1. The summed E-state index contributed by atoms with van der Waals surface area (Å²) in [7, 11) is 0. The first kappa shape index (κ1) is 45.8. The number of carbonyl (C=O) groups is 4. The molecule has 0 saturated heterocycles. The van der Waals surface area contributed by atoms with Crippen LogP contribution in [0.3, 0.4) is 0 Å². The highest BCUT2D eigenvalue weighted by Gasteiger charge is 2.20. The molecule has 0 amide bonds. The van der Waals surface area contributed by atoms with Gasteiger partial charge in [0.25, 0.3) is 0 Å². The summed E-state index contributed by atoms with van der Waals surface area (Å²) in [6.45, 7) is 8.74. The first-order valence-corrected chi connectivity index (χ1v) is 21.5. The van der Waals surface area contributed by atoms with Gasteiger partial charge in [-0.05, 0) is 112 Å². The number of unbranched alkanes of at least 4 members (excludes halogenated alkanes) is 6. The molecular weight excluding hydrogens is 795 g/mol. The number of ether oxygens (including phenoxy) is 6. The monoisotopic (exact) mass is 847 g/mol. The van der Waals surface area contributed by atoms with Crippen LogP contribution < -0.4 is 18.9 Å². The smallest absolute Gasteiger partial charge is 0.330 e. The Morgan fingerprint density at radius 1 is 0.541 bits per heavy atom. The summed E-state index contributed by atoms with van der Waals surface area (Å²) in [6.07, 6.45) is 10.8. The van der Waals surface area contributed by atoms with Crippen LogP contribution >= 0.6 is 11.3 Å². The van der Waals surface area contributed by atoms with Gasteiger partial charge in [0.05, 0.1) is 26.4 Å². The number of nitrogens with zero attached hydrogens (tertiary/aromatic N) is 1. The first-order valence-electron chi connectivity index (χ1n) is 20.7. The third-order valence-corrected chi connectivity index (χ3v) is 10.6. The van der Waals surface area contributed by atoms with Gasteiger partial charge in [0.15, 0.2) is 11.5 Å². The maximum atomic E-state index is 13.1. The molecule has 0 radical (unpaired) electrons. The second-order valence-electron chi connectivity index (χ2n) is 14.1. The van der Waals surface area contributed by atoms with Crippen molar-refractivity contribution in [3.63, 3.8) is 0 Å². The van der Waals surface area contributed by atoms with Gasteiger partial charge in [-0.2, -0.15) is 0 Å². The second kappa shape index (κ2) is 25.4. The highest BCUT2D eigenvalue weighted by Crippen LogP contribution is 2.41. The summed E-state index contributed by atoms with van der Waals surface area (Å²) in [4.78, 5) is 53.3. The zero-order chi connectivity index (χ0) is 43.1. The van der Waals surface area contributed by atoms with Gasteiger partial charge in [-0.3, -0.25) is 9.59 Å². The number of rotatable bonds is 27. The van der Waals surface area contributed by atoms with E-state index >= 15 is 0 Å². The summed E-state index contributed by atoms with van der Waals surface area (Å²) in [6, 6.07) is 28.3. The summed E-state index contributed by atoms with van der Waals surface area (Å²) >= 11 is 1.37. The standard InChI is InChI=1S/C49H53NO10S/c1-3-43(51)57-34-14-7-5-12-32-55-39-24-18-36(19-25-39)22-30-45(53)59-41-28-29-42(48-47(41)50-49(61-48)38-16-10-9-11-17-38)60-46(54)31-23-37-20-26-40(27-21-37)56-33-13-6-8-15-35-58-44(52)4-2/h3-4,9-11,16-21,24-29H,1-2,5-8,12-15,22-23,30-35H2. The fourth-order valence-electron chi connectivity index (χ4n) is 6.13. The van der Waals surface area contributed by atoms with E-state index in [0.717, 1.165) is 79.6 Å². The zero-order valence-corrected chi connectivity index (χ0v) is 35.3. The number of carbonyl (C=O) groups excluding carboxylic acids is 4. The molecule has 4 aromatic carbocycles. The first-order chi connectivity index (χ1) is 29.8. The van der Waals surface area contributed by atoms with Crippen molar-refractivity contribution in [1.82, 2.24) is 4.98 Å². The average Bonchev–Trinajstić information content (AvgIpc) is 3.75. The molecule has 1 heterocycles. The van der Waals surface area contributed by atoms with E-state index in [1.54, 1.807) is 12.1 Å². The molecule has 0 fully saturated rings. The van der Waals surface area contributed by atoms with Crippen molar-refractivity contribution >= 4 is 45.4 Å². The van der Waals surface area contributed by atoms with Crippen LogP contribution in [0, 0.1) is 0 Å². The van der Waals surface area contributed by atoms with E-state index in [0.29, 0.717) is 66.0 Å². The largest absolute Gasteiger partial charge is 0.494 e. The molecule has 0 spiro atoms. The Morgan fingerprint density at radius 3 is 1.49 bits per heavy atom. The number of benzene rings is 4. The number of aryl methyl sites for hydroxylation is 2. The third kappa shape index (κ3) is 16.0. The lowest BCUT2D eigenvalue weighted by Crippen LogP contribution is -2.11. The molecular formula is C49H53NO10S. The number of fused-ring (bicyclic) bond motifs is 1. The number of aromatic nitrogens is 1. The minimum atomic E-state index is -0.406. The van der Waals surface area contributed by atoms with E-state index in [2.05, 4.69) is 13.2 Å². The fourth-order valence-corrected chi connectivity index (χ4v) is 7.17. The predicted octanol–water partition coefficient (Wildman–Crippen LogP) is 10.4. The van der Waals surface area contributed by atoms with Crippen LogP contribution in [-0.2, 0) is 41.5 Å². The molecule has 0 aliphatic rings. The van der Waals surface area contributed by atoms with Gasteiger partial charge in [0.2, 0.25) is 0 Å². The van der Waals surface area contributed by atoms with Gasteiger partial charge in [-0.15, -0.1) is 11.3 Å². The van der Waals surface area contributed by atoms with E-state index in [1.807, 2.05) is 78.9 Å². The van der Waals surface area contributed by atoms with E-state index in [9.17, 15) is 19.2 Å². The Bertz CT molecular complexity index is 2050. The molecule has 11 nitrogen and oxygen atoms in total. The number of thiazole rings is 1. The molecule has 0 saturated carbocycles. The van der Waals surface area contributed by atoms with Crippen LogP contribution in [0.4, 0.5) is 0 Å². The van der Waals surface area contributed by atoms with E-state index in [1.165, 1.54) is 23.5 Å². The minimum Gasteiger partial charge on any atom is -0.494 e. The molecule has 5 rings (SSSR count). The Kier molecular flexibility index (Phi) is 19.1. The Labute approximate surface area is 361 Å². The van der Waals surface area contributed by atoms with Crippen LogP contribution in [-0.4, -0.2) is 55.3 Å². The van der Waals surface area contributed by atoms with Crippen molar-refractivity contribution in [3.05, 3.63) is 127 Å². The SMILES string of the molecule is C=CC(=O)OCCCCCCOc1ccc(CCC(=O)Oc2ccc(OC(=O)CCc3ccc(OCCCCCCOC(=O)C=C)cc3)c3sc(-c4ccccc4)nc23)cc1. The second-order valence-corrected chi connectivity index (χ2v) is 15.1. The maximum absolute atomic E-state index is 13.1. The molecule has 0 aliphatic heterocycles. The summed E-state index contributed by atoms with van der Waals surface area (Å²) in [5, 5.41) is 0.708. The van der Waals surface area contributed by atoms with Crippen molar-refractivity contribution < 1.29 is 47.6 Å². The van der Waals surface area contributed by atoms with Gasteiger partial charge in [-0.25, -0.2) is 14.6 Å². The number of hydrogen-bond acceptors (Lipinski definition) is 12. The predicted molar refractivity (Wildman–Crippen MR) is 236 cm³/mol. The third-order valence-electron chi connectivity index (χ3n) is 9.46. The van der Waals surface area contributed by atoms with E-state index < -0.39 is 23.9 Å². The van der Waals surface area contributed by atoms with Crippen LogP contribution in [0.1, 0.15) is 75.3 Å². The van der Waals surface area contributed by atoms with E-state index in [4.69, 9.17) is 33.4 Å². The molecule has 12 heteroatoms. The van der Waals surface area contributed by atoms with Crippen molar-refractivity contribution in [1.29, 1.82) is 0 Å². The van der Waals surface area contributed by atoms with Gasteiger partial charge in [0, 0.05) is 30.6 Å². The summed E-state index contributed by atoms with van der Waals surface area (Å²) in [5.74, 6) is 0.587. The van der Waals surface area contributed by atoms with E-state index in [-0.39, 0.29) is 12.8 Å². The fraction of sp³-hybridized carbons (Fsp3) is 0.327. The normalized spacial score (nSPS) is 10.8. The average molecular weight is 848 g/mol. The van der Waals surface area contributed by atoms with Gasteiger partial charge < -0.3 is 28.4 Å². The van der Waals surface area contributed by atoms with Crippen LogP contribution in [0.2, 0.25) is 0 Å². The summed E-state index contributed by atoms with van der Waals surface area (Å²) in [5.41, 5.74) is 3.29. The Balaban J connectivity index is 1.08. The van der Waals surface area contributed by atoms with Crippen molar-refractivity contribution in [3.8, 4) is 33.6 Å². The number of hydrogen-bond donors (Lipinski definition) is 0. The molecule has 0 atom stereocenters. The van der Waals surface area contributed by atoms with Gasteiger partial charge in [-0.1, -0.05) is 67.8 Å². The quantitative estimate of drug-likeness (QED) is 0.0216. The summed E-state index contributed by atoms with van der Waals surface area (Å²) < 4.78 is 34.1. The lowest BCUT2D eigenvalue weighted by molar-refractivity contribution is -0.138. The highest BCUT2D eigenvalue weighted by molar-refractivity contribution is 7.22. The molecule has 0 unspecified atom stereocenters. The number of esters is 4. The Hall–Kier alpha value is -6.27. The minimum absolute atomic E-state index is 0.154. The topological polar surface area (TPSA) is 137 Å². The Morgan fingerprint density at radius 2 is 1.00 bits per heavy atom. The van der Waals surface area contributed by atoms with Crippen LogP contribution in [0.25, 0.3) is 20.8 Å². The molecule has 61 heavy (non-hydrogen) atoms. The van der Waals surface area contributed by atoms with Crippen molar-refractivity contribution in [2.75, 3.05) is 26.4 Å². The van der Waals surface area contributed by atoms with Crippen molar-refractivity contribution in [2.45, 2.75) is 77.0 Å². The molecule has 320 valence electrons. The molecule has 1 aromatic heterocycles. The van der Waals surface area contributed by atoms with Crippen LogP contribution in [0.15, 0.2) is 116 Å². The molecule has 0 bridgehead atoms. The molecule has 0 aliphatic carbocycles. The van der Waals surface area contributed by atoms with Gasteiger partial charge in [0.1, 0.15) is 26.7 Å². The lowest BCUT2D eigenvalue weighted by Gasteiger charge is -2.10. The molecule has 5 aromatic rings. The lowest BCUT2D eigenvalue weighted by atomic mass is 10.1. The van der Waals surface area contributed by atoms with Gasteiger partial charge >= 0.3 is 23.9 Å². The van der Waals surface area contributed by atoms with Crippen molar-refractivity contribution in [2.24, 2.45) is 0 Å². The maximum Gasteiger partial charge on any atom is 0.330 e. The molecule has 0 N–H and O–H groups in total.